The summed E-state index contributed by atoms with van der Waals surface area (Å²) in [6.45, 7) is 4.62. The SMILES string of the molecule is CC1(C)c2ccccc2-c2cc3c(cc21)oc1c(-c2ccc(-c4cc(-c5ccccc5)nc(-c5ccccc5)n4)cc2)cccc13. The van der Waals surface area contributed by atoms with Gasteiger partial charge in [-0.15, -0.1) is 0 Å². The number of aromatic nitrogens is 2. The van der Waals surface area contributed by atoms with Crippen LogP contribution in [0.2, 0.25) is 0 Å². The van der Waals surface area contributed by atoms with E-state index in [1.54, 1.807) is 0 Å². The Balaban J connectivity index is 1.14. The van der Waals surface area contributed by atoms with E-state index in [1.165, 1.54) is 22.3 Å². The smallest absolute Gasteiger partial charge is 0.160 e. The van der Waals surface area contributed by atoms with Crippen LogP contribution < -0.4 is 0 Å². The molecule has 0 bridgehead atoms. The molecule has 0 fully saturated rings. The van der Waals surface area contributed by atoms with E-state index in [9.17, 15) is 0 Å². The van der Waals surface area contributed by atoms with E-state index in [0.29, 0.717) is 5.82 Å². The molecule has 0 saturated carbocycles. The summed E-state index contributed by atoms with van der Waals surface area (Å²) < 4.78 is 6.68. The van der Waals surface area contributed by atoms with E-state index < -0.39 is 0 Å². The van der Waals surface area contributed by atoms with Crippen LogP contribution in [0.5, 0.6) is 0 Å². The fourth-order valence-corrected chi connectivity index (χ4v) is 7.11. The van der Waals surface area contributed by atoms with E-state index >= 15 is 0 Å². The average Bonchev–Trinajstić information content (AvgIpc) is 3.59. The minimum Gasteiger partial charge on any atom is -0.455 e. The Morgan fingerprint density at radius 2 is 1.07 bits per heavy atom. The summed E-state index contributed by atoms with van der Waals surface area (Å²) in [5.41, 5.74) is 14.2. The maximum Gasteiger partial charge on any atom is 0.160 e. The minimum atomic E-state index is -0.0699. The molecule has 0 unspecified atom stereocenters. The van der Waals surface area contributed by atoms with Crippen LogP contribution in [0.4, 0.5) is 0 Å². The van der Waals surface area contributed by atoms with Gasteiger partial charge in [-0.05, 0) is 46.0 Å². The average molecular weight is 591 g/mol. The third-order valence-corrected chi connectivity index (χ3v) is 9.52. The highest BCUT2D eigenvalue weighted by molar-refractivity contribution is 6.11. The molecule has 46 heavy (non-hydrogen) atoms. The molecule has 0 radical (unpaired) electrons. The first-order valence-electron chi connectivity index (χ1n) is 15.7. The predicted molar refractivity (Wildman–Crippen MR) is 189 cm³/mol. The van der Waals surface area contributed by atoms with Gasteiger partial charge in [0.05, 0.1) is 11.4 Å². The van der Waals surface area contributed by atoms with Crippen molar-refractivity contribution in [2.24, 2.45) is 0 Å². The lowest BCUT2D eigenvalue weighted by Crippen LogP contribution is -2.14. The molecular weight excluding hydrogens is 560 g/mol. The van der Waals surface area contributed by atoms with Gasteiger partial charge < -0.3 is 4.42 Å². The van der Waals surface area contributed by atoms with Crippen LogP contribution in [0.3, 0.4) is 0 Å². The van der Waals surface area contributed by atoms with Crippen molar-refractivity contribution in [1.29, 1.82) is 0 Å². The van der Waals surface area contributed by atoms with Gasteiger partial charge in [-0.2, -0.15) is 0 Å². The zero-order valence-electron chi connectivity index (χ0n) is 25.7. The van der Waals surface area contributed by atoms with E-state index in [4.69, 9.17) is 14.4 Å². The quantitative estimate of drug-likeness (QED) is 0.205. The second-order valence-corrected chi connectivity index (χ2v) is 12.6. The molecule has 0 atom stereocenters. The molecule has 3 nitrogen and oxygen atoms in total. The lowest BCUT2D eigenvalue weighted by atomic mass is 9.82. The lowest BCUT2D eigenvalue weighted by Gasteiger charge is -2.21. The predicted octanol–water partition coefficient (Wildman–Crippen LogP) is 11.4. The van der Waals surface area contributed by atoms with Gasteiger partial charge >= 0.3 is 0 Å². The monoisotopic (exact) mass is 590 g/mol. The normalized spacial score (nSPS) is 13.2. The Hall–Kier alpha value is -5.80. The molecular formula is C43H30N2O. The number of hydrogen-bond acceptors (Lipinski definition) is 3. The highest BCUT2D eigenvalue weighted by Gasteiger charge is 2.36. The number of fused-ring (bicyclic) bond motifs is 6. The zero-order valence-corrected chi connectivity index (χ0v) is 25.7. The molecule has 0 spiro atoms. The minimum absolute atomic E-state index is 0.0699. The Kier molecular flexibility index (Phi) is 5.85. The third kappa shape index (κ3) is 4.13. The summed E-state index contributed by atoms with van der Waals surface area (Å²) in [7, 11) is 0. The van der Waals surface area contributed by atoms with Crippen molar-refractivity contribution in [3.63, 3.8) is 0 Å². The van der Waals surface area contributed by atoms with Gasteiger partial charge in [0.1, 0.15) is 11.2 Å². The van der Waals surface area contributed by atoms with E-state index in [0.717, 1.165) is 61.1 Å². The van der Waals surface area contributed by atoms with Crippen LogP contribution in [-0.2, 0) is 5.41 Å². The molecule has 2 aromatic heterocycles. The third-order valence-electron chi connectivity index (χ3n) is 9.52. The summed E-state index contributed by atoms with van der Waals surface area (Å²) in [6.07, 6.45) is 0. The van der Waals surface area contributed by atoms with Crippen molar-refractivity contribution in [2.45, 2.75) is 19.3 Å². The van der Waals surface area contributed by atoms with Crippen LogP contribution >= 0.6 is 0 Å². The number of furan rings is 1. The standard InChI is InChI=1S/C43H30N2O/c1-43(2)36-19-10-9-16-32(36)34-24-35-33-18-11-17-31(41(33)46-40(35)25-37(34)43)27-20-22-29(23-21-27)39-26-38(28-12-5-3-6-13-28)44-42(45-39)30-14-7-4-8-15-30/h3-26H,1-2H3. The highest BCUT2D eigenvalue weighted by atomic mass is 16.3. The Bertz CT molecular complexity index is 2360. The van der Waals surface area contributed by atoms with Crippen LogP contribution in [0.1, 0.15) is 25.0 Å². The molecule has 8 aromatic rings. The molecule has 0 amide bonds. The van der Waals surface area contributed by atoms with Gasteiger partial charge in [0.25, 0.3) is 0 Å². The summed E-state index contributed by atoms with van der Waals surface area (Å²) in [4.78, 5) is 9.95. The van der Waals surface area contributed by atoms with Gasteiger partial charge in [-0.1, -0.05) is 141 Å². The van der Waals surface area contributed by atoms with Crippen molar-refractivity contribution >= 4 is 21.9 Å². The van der Waals surface area contributed by atoms with Crippen LogP contribution in [-0.4, -0.2) is 9.97 Å². The maximum absolute atomic E-state index is 6.68. The summed E-state index contributed by atoms with van der Waals surface area (Å²) in [6, 6.07) is 51.0. The fourth-order valence-electron chi connectivity index (χ4n) is 7.11. The van der Waals surface area contributed by atoms with Crippen molar-refractivity contribution < 1.29 is 4.42 Å². The molecule has 0 aliphatic heterocycles. The zero-order chi connectivity index (χ0) is 30.8. The second-order valence-electron chi connectivity index (χ2n) is 12.6. The van der Waals surface area contributed by atoms with Crippen LogP contribution in [0.25, 0.3) is 78.1 Å². The summed E-state index contributed by atoms with van der Waals surface area (Å²) >= 11 is 0. The Morgan fingerprint density at radius 1 is 0.457 bits per heavy atom. The number of benzene rings is 6. The van der Waals surface area contributed by atoms with Gasteiger partial charge in [0, 0.05) is 38.4 Å². The molecule has 9 rings (SSSR count). The van der Waals surface area contributed by atoms with Crippen molar-refractivity contribution in [1.82, 2.24) is 9.97 Å². The van der Waals surface area contributed by atoms with Crippen molar-refractivity contribution in [3.8, 4) is 56.2 Å². The molecule has 0 N–H and O–H groups in total. The first kappa shape index (κ1) is 26.6. The highest BCUT2D eigenvalue weighted by Crippen LogP contribution is 2.51. The molecule has 3 heteroatoms. The number of rotatable bonds is 4. The van der Waals surface area contributed by atoms with Crippen LogP contribution in [0.15, 0.2) is 150 Å². The Morgan fingerprint density at radius 3 is 1.80 bits per heavy atom. The number of nitrogens with zero attached hydrogens (tertiary/aromatic N) is 2. The molecule has 1 aliphatic rings. The number of hydrogen-bond donors (Lipinski definition) is 0. The number of para-hydroxylation sites is 1. The maximum atomic E-state index is 6.68. The van der Waals surface area contributed by atoms with Crippen LogP contribution in [0, 0.1) is 0 Å². The fraction of sp³-hybridized carbons (Fsp3) is 0.0698. The van der Waals surface area contributed by atoms with E-state index in [1.807, 2.05) is 36.4 Å². The van der Waals surface area contributed by atoms with Gasteiger partial charge in [0.2, 0.25) is 0 Å². The molecule has 1 aliphatic carbocycles. The lowest BCUT2D eigenvalue weighted by molar-refractivity contribution is 0.648. The summed E-state index contributed by atoms with van der Waals surface area (Å²) in [5.74, 6) is 0.714. The largest absolute Gasteiger partial charge is 0.455 e. The van der Waals surface area contributed by atoms with Gasteiger partial charge in [0.15, 0.2) is 5.82 Å². The van der Waals surface area contributed by atoms with E-state index in [-0.39, 0.29) is 5.41 Å². The first-order chi connectivity index (χ1) is 22.5. The Labute approximate surface area is 267 Å². The van der Waals surface area contributed by atoms with Gasteiger partial charge in [-0.25, -0.2) is 9.97 Å². The second kappa shape index (κ2) is 10.1. The van der Waals surface area contributed by atoms with Crippen molar-refractivity contribution in [2.75, 3.05) is 0 Å². The molecule has 6 aromatic carbocycles. The van der Waals surface area contributed by atoms with E-state index in [2.05, 4.69) is 123 Å². The first-order valence-corrected chi connectivity index (χ1v) is 15.7. The summed E-state index contributed by atoms with van der Waals surface area (Å²) in [5, 5.41) is 2.29. The topological polar surface area (TPSA) is 38.9 Å². The van der Waals surface area contributed by atoms with Gasteiger partial charge in [-0.3, -0.25) is 0 Å². The van der Waals surface area contributed by atoms with Crippen molar-refractivity contribution in [3.05, 3.63) is 157 Å². The molecule has 0 saturated heterocycles. The molecule has 2 heterocycles. The molecule has 218 valence electrons.